The summed E-state index contributed by atoms with van der Waals surface area (Å²) in [6.07, 6.45) is 1.08. The van der Waals surface area contributed by atoms with E-state index in [0.29, 0.717) is 21.3 Å². The summed E-state index contributed by atoms with van der Waals surface area (Å²) < 4.78 is 24.5. The predicted octanol–water partition coefficient (Wildman–Crippen LogP) is 3.32. The molecule has 0 spiro atoms. The molecule has 0 saturated heterocycles. The summed E-state index contributed by atoms with van der Waals surface area (Å²) in [5.41, 5.74) is 1.28. The molecule has 128 valence electrons. The van der Waals surface area contributed by atoms with Crippen molar-refractivity contribution in [1.29, 1.82) is 0 Å². The molecule has 2 rings (SSSR count). The SMILES string of the molecule is CN(c1ccccc1C(=O)NCc1ccc(Cl)cc1Cl)S(C)(=O)=O. The summed E-state index contributed by atoms with van der Waals surface area (Å²) in [4.78, 5) is 12.4. The molecule has 0 bridgehead atoms. The Balaban J connectivity index is 2.22. The smallest absolute Gasteiger partial charge is 0.253 e. The molecule has 0 saturated carbocycles. The number of anilines is 1. The number of hydrogen-bond donors (Lipinski definition) is 1. The Morgan fingerprint density at radius 3 is 2.46 bits per heavy atom. The molecular weight excluding hydrogens is 371 g/mol. The molecule has 1 N–H and O–H groups in total. The van der Waals surface area contributed by atoms with Gasteiger partial charge in [0.15, 0.2) is 0 Å². The summed E-state index contributed by atoms with van der Waals surface area (Å²) in [5.74, 6) is -0.396. The van der Waals surface area contributed by atoms with Gasteiger partial charge in [0, 0.05) is 23.6 Å². The van der Waals surface area contributed by atoms with Gasteiger partial charge in [-0.15, -0.1) is 0 Å². The maximum absolute atomic E-state index is 12.4. The van der Waals surface area contributed by atoms with Gasteiger partial charge < -0.3 is 5.32 Å². The van der Waals surface area contributed by atoms with Crippen molar-refractivity contribution >= 4 is 44.8 Å². The number of halogens is 2. The summed E-state index contributed by atoms with van der Waals surface area (Å²) >= 11 is 11.9. The number of carbonyl (C=O) groups is 1. The fourth-order valence-corrected chi connectivity index (χ4v) is 3.05. The summed E-state index contributed by atoms with van der Waals surface area (Å²) in [6.45, 7) is 0.200. The van der Waals surface area contributed by atoms with E-state index in [9.17, 15) is 13.2 Å². The minimum Gasteiger partial charge on any atom is -0.348 e. The molecular formula is C16H16Cl2N2O3S. The zero-order chi connectivity index (χ0) is 17.9. The summed E-state index contributed by atoms with van der Waals surface area (Å²) in [7, 11) is -2.07. The highest BCUT2D eigenvalue weighted by Gasteiger charge is 2.19. The fourth-order valence-electron chi connectivity index (χ4n) is 2.05. The Bertz CT molecular complexity index is 869. The molecule has 5 nitrogen and oxygen atoms in total. The van der Waals surface area contributed by atoms with E-state index in [4.69, 9.17) is 23.2 Å². The lowest BCUT2D eigenvalue weighted by atomic mass is 10.1. The molecule has 0 aromatic heterocycles. The first-order chi connectivity index (χ1) is 11.2. The van der Waals surface area contributed by atoms with Crippen LogP contribution in [0.25, 0.3) is 0 Å². The van der Waals surface area contributed by atoms with Crippen LogP contribution in [0.5, 0.6) is 0 Å². The van der Waals surface area contributed by atoms with Crippen LogP contribution in [0.4, 0.5) is 5.69 Å². The highest BCUT2D eigenvalue weighted by Crippen LogP contribution is 2.23. The molecule has 2 aromatic carbocycles. The number of nitrogens with one attached hydrogen (secondary N) is 1. The number of para-hydroxylation sites is 1. The lowest BCUT2D eigenvalue weighted by Crippen LogP contribution is -2.29. The largest absolute Gasteiger partial charge is 0.348 e. The molecule has 0 atom stereocenters. The number of nitrogens with zero attached hydrogens (tertiary/aromatic N) is 1. The van der Waals surface area contributed by atoms with E-state index in [1.807, 2.05) is 0 Å². The zero-order valence-corrected chi connectivity index (χ0v) is 15.4. The van der Waals surface area contributed by atoms with Crippen LogP contribution in [0, 0.1) is 0 Å². The molecule has 2 aromatic rings. The number of hydrogen-bond acceptors (Lipinski definition) is 3. The Hall–Kier alpha value is -1.76. The zero-order valence-electron chi connectivity index (χ0n) is 13.1. The van der Waals surface area contributed by atoms with E-state index in [-0.39, 0.29) is 12.1 Å². The molecule has 0 fully saturated rings. The third-order valence-corrected chi connectivity index (χ3v) is 5.22. The topological polar surface area (TPSA) is 66.5 Å². The number of rotatable bonds is 5. The van der Waals surface area contributed by atoms with Crippen molar-refractivity contribution in [2.24, 2.45) is 0 Å². The van der Waals surface area contributed by atoms with E-state index in [1.54, 1.807) is 42.5 Å². The van der Waals surface area contributed by atoms with Gasteiger partial charge in [0.2, 0.25) is 10.0 Å². The van der Waals surface area contributed by atoms with Crippen molar-refractivity contribution < 1.29 is 13.2 Å². The van der Waals surface area contributed by atoms with E-state index < -0.39 is 15.9 Å². The first-order valence-electron chi connectivity index (χ1n) is 6.95. The quantitative estimate of drug-likeness (QED) is 0.856. The van der Waals surface area contributed by atoms with E-state index in [0.717, 1.165) is 10.6 Å². The monoisotopic (exact) mass is 386 g/mol. The van der Waals surface area contributed by atoms with Crippen LogP contribution in [0.15, 0.2) is 42.5 Å². The number of carbonyl (C=O) groups excluding carboxylic acids is 1. The number of benzene rings is 2. The van der Waals surface area contributed by atoms with Gasteiger partial charge in [-0.3, -0.25) is 9.10 Å². The van der Waals surface area contributed by atoms with E-state index in [2.05, 4.69) is 5.32 Å². The highest BCUT2D eigenvalue weighted by molar-refractivity contribution is 7.92. The maximum atomic E-state index is 12.4. The molecule has 0 radical (unpaired) electrons. The third kappa shape index (κ3) is 4.41. The molecule has 8 heteroatoms. The van der Waals surface area contributed by atoms with Gasteiger partial charge in [-0.2, -0.15) is 0 Å². The van der Waals surface area contributed by atoms with E-state index in [1.165, 1.54) is 7.05 Å². The van der Waals surface area contributed by atoms with Crippen LogP contribution in [0.2, 0.25) is 10.0 Å². The van der Waals surface area contributed by atoms with Crippen LogP contribution >= 0.6 is 23.2 Å². The van der Waals surface area contributed by atoms with Crippen molar-refractivity contribution in [2.75, 3.05) is 17.6 Å². The maximum Gasteiger partial charge on any atom is 0.253 e. The van der Waals surface area contributed by atoms with Crippen LogP contribution < -0.4 is 9.62 Å². The average molecular weight is 387 g/mol. The van der Waals surface area contributed by atoms with E-state index >= 15 is 0 Å². The molecule has 24 heavy (non-hydrogen) atoms. The lowest BCUT2D eigenvalue weighted by Gasteiger charge is -2.19. The van der Waals surface area contributed by atoms with Gasteiger partial charge in [0.05, 0.1) is 17.5 Å². The average Bonchev–Trinajstić information content (AvgIpc) is 2.52. The van der Waals surface area contributed by atoms with Crippen LogP contribution in [-0.2, 0) is 16.6 Å². The second kappa shape index (κ2) is 7.42. The molecule has 1 amide bonds. The van der Waals surface area contributed by atoms with Crippen molar-refractivity contribution in [2.45, 2.75) is 6.54 Å². The normalized spacial score (nSPS) is 11.2. The molecule has 0 unspecified atom stereocenters. The second-order valence-corrected chi connectivity index (χ2v) is 8.02. The van der Waals surface area contributed by atoms with Crippen LogP contribution in [-0.4, -0.2) is 27.6 Å². The molecule has 0 heterocycles. The first-order valence-corrected chi connectivity index (χ1v) is 9.55. The van der Waals surface area contributed by atoms with Crippen molar-refractivity contribution in [3.8, 4) is 0 Å². The Labute approximate surface area is 151 Å². The Kier molecular flexibility index (Phi) is 5.74. The standard InChI is InChI=1S/C16H16Cl2N2O3S/c1-20(24(2,22)23)15-6-4-3-5-13(15)16(21)19-10-11-7-8-12(17)9-14(11)18/h3-9H,10H2,1-2H3,(H,19,21). The lowest BCUT2D eigenvalue weighted by molar-refractivity contribution is 0.0951. The summed E-state index contributed by atoms with van der Waals surface area (Å²) in [6, 6.07) is 11.5. The van der Waals surface area contributed by atoms with Gasteiger partial charge >= 0.3 is 0 Å². The third-order valence-electron chi connectivity index (χ3n) is 3.44. The Morgan fingerprint density at radius 2 is 1.83 bits per heavy atom. The van der Waals surface area contributed by atoms with Gasteiger partial charge in [-0.05, 0) is 29.8 Å². The molecule has 0 aliphatic heterocycles. The fraction of sp³-hybridized carbons (Fsp3) is 0.188. The Morgan fingerprint density at radius 1 is 1.17 bits per heavy atom. The number of amides is 1. The van der Waals surface area contributed by atoms with Crippen LogP contribution in [0.1, 0.15) is 15.9 Å². The number of sulfonamides is 1. The van der Waals surface area contributed by atoms with Crippen molar-refractivity contribution in [1.82, 2.24) is 5.32 Å². The van der Waals surface area contributed by atoms with Gasteiger partial charge in [-0.1, -0.05) is 41.4 Å². The highest BCUT2D eigenvalue weighted by atomic mass is 35.5. The second-order valence-electron chi connectivity index (χ2n) is 5.17. The minimum absolute atomic E-state index is 0.200. The summed E-state index contributed by atoms with van der Waals surface area (Å²) in [5, 5.41) is 3.69. The minimum atomic E-state index is -3.47. The van der Waals surface area contributed by atoms with Crippen molar-refractivity contribution in [3.63, 3.8) is 0 Å². The molecule has 0 aliphatic carbocycles. The van der Waals surface area contributed by atoms with Crippen molar-refractivity contribution in [3.05, 3.63) is 63.6 Å². The van der Waals surface area contributed by atoms with Gasteiger partial charge in [0.1, 0.15) is 0 Å². The predicted molar refractivity (Wildman–Crippen MR) is 97.3 cm³/mol. The van der Waals surface area contributed by atoms with Crippen LogP contribution in [0.3, 0.4) is 0 Å². The van der Waals surface area contributed by atoms with Gasteiger partial charge in [-0.25, -0.2) is 8.42 Å². The van der Waals surface area contributed by atoms with Gasteiger partial charge in [0.25, 0.3) is 5.91 Å². The molecule has 0 aliphatic rings. The first kappa shape index (κ1) is 18.6.